The number of fused-ring (bicyclic) bond motifs is 3. The summed E-state index contributed by atoms with van der Waals surface area (Å²) in [6.45, 7) is 4.36. The first-order chi connectivity index (χ1) is 13.5. The van der Waals surface area contributed by atoms with Gasteiger partial charge in [0.05, 0.1) is 20.4 Å². The van der Waals surface area contributed by atoms with Gasteiger partial charge >= 0.3 is 0 Å². The number of benzene rings is 2. The van der Waals surface area contributed by atoms with Crippen LogP contribution in [0.4, 0.5) is 5.69 Å². The molecular formula is C23H31N3O2. The summed E-state index contributed by atoms with van der Waals surface area (Å²) in [5.41, 5.74) is 5.32. The maximum absolute atomic E-state index is 5.60. The SMILES string of the molecule is COc1cc2c(cc1OC)[C@H]1[C@@H](C)CN[C@@H](c3ccc(N(C)C)cc3)N1CC2. The molecule has 4 rings (SSSR count). The molecule has 2 aromatic carbocycles. The Morgan fingerprint density at radius 3 is 2.36 bits per heavy atom. The third kappa shape index (κ3) is 3.23. The van der Waals surface area contributed by atoms with Crippen molar-refractivity contribution >= 4 is 5.69 Å². The maximum atomic E-state index is 5.60. The number of methoxy groups -OCH3 is 2. The molecule has 0 aliphatic carbocycles. The van der Waals surface area contributed by atoms with Gasteiger partial charge in [-0.05, 0) is 53.3 Å². The monoisotopic (exact) mass is 381 g/mol. The van der Waals surface area contributed by atoms with Gasteiger partial charge in [-0.2, -0.15) is 0 Å². The molecule has 0 aromatic heterocycles. The van der Waals surface area contributed by atoms with Gasteiger partial charge in [0, 0.05) is 38.9 Å². The third-order valence-corrected chi connectivity index (χ3v) is 6.19. The van der Waals surface area contributed by atoms with Crippen molar-refractivity contribution in [2.45, 2.75) is 25.6 Å². The van der Waals surface area contributed by atoms with Crippen molar-refractivity contribution in [2.24, 2.45) is 5.92 Å². The summed E-state index contributed by atoms with van der Waals surface area (Å²) in [5, 5.41) is 3.77. The molecule has 0 amide bonds. The molecule has 150 valence electrons. The van der Waals surface area contributed by atoms with Crippen LogP contribution in [0.25, 0.3) is 0 Å². The van der Waals surface area contributed by atoms with Crippen LogP contribution in [0.1, 0.15) is 35.8 Å². The highest BCUT2D eigenvalue weighted by Crippen LogP contribution is 2.45. The Bertz CT molecular complexity index is 834. The minimum absolute atomic E-state index is 0.235. The zero-order valence-electron chi connectivity index (χ0n) is 17.5. The van der Waals surface area contributed by atoms with Gasteiger partial charge in [-0.1, -0.05) is 19.1 Å². The first-order valence-electron chi connectivity index (χ1n) is 10.0. The van der Waals surface area contributed by atoms with Gasteiger partial charge in [0.2, 0.25) is 0 Å². The van der Waals surface area contributed by atoms with Gasteiger partial charge in [0.15, 0.2) is 11.5 Å². The highest BCUT2D eigenvalue weighted by molar-refractivity contribution is 5.50. The number of ether oxygens (including phenoxy) is 2. The Morgan fingerprint density at radius 2 is 1.71 bits per heavy atom. The van der Waals surface area contributed by atoms with Crippen LogP contribution in [0.2, 0.25) is 0 Å². The van der Waals surface area contributed by atoms with Crippen molar-refractivity contribution < 1.29 is 9.47 Å². The van der Waals surface area contributed by atoms with Crippen molar-refractivity contribution in [2.75, 3.05) is 46.3 Å². The summed E-state index contributed by atoms with van der Waals surface area (Å²) in [6, 6.07) is 13.7. The summed E-state index contributed by atoms with van der Waals surface area (Å²) in [7, 11) is 7.58. The smallest absolute Gasteiger partial charge is 0.161 e. The average Bonchev–Trinajstić information content (AvgIpc) is 2.72. The largest absolute Gasteiger partial charge is 0.493 e. The number of nitrogens with zero attached hydrogens (tertiary/aromatic N) is 2. The first-order valence-corrected chi connectivity index (χ1v) is 10.0. The Balaban J connectivity index is 1.69. The fourth-order valence-electron chi connectivity index (χ4n) is 4.71. The molecule has 1 N–H and O–H groups in total. The second kappa shape index (κ2) is 7.64. The Kier molecular flexibility index (Phi) is 5.21. The third-order valence-electron chi connectivity index (χ3n) is 6.19. The van der Waals surface area contributed by atoms with Crippen LogP contribution >= 0.6 is 0 Å². The Hall–Kier alpha value is -2.24. The molecule has 2 aliphatic rings. The van der Waals surface area contributed by atoms with Gasteiger partial charge in [0.1, 0.15) is 0 Å². The number of nitrogens with one attached hydrogen (secondary N) is 1. The fourth-order valence-corrected chi connectivity index (χ4v) is 4.71. The van der Waals surface area contributed by atoms with Crippen LogP contribution in [-0.4, -0.2) is 46.3 Å². The van der Waals surface area contributed by atoms with Crippen molar-refractivity contribution in [1.29, 1.82) is 0 Å². The molecule has 3 atom stereocenters. The summed E-state index contributed by atoms with van der Waals surface area (Å²) in [4.78, 5) is 4.76. The normalized spacial score (nSPS) is 24.2. The Labute approximate surface area is 168 Å². The number of hydrogen-bond donors (Lipinski definition) is 1. The molecule has 0 unspecified atom stereocenters. The van der Waals surface area contributed by atoms with E-state index in [0.29, 0.717) is 12.0 Å². The van der Waals surface area contributed by atoms with E-state index in [1.54, 1.807) is 14.2 Å². The van der Waals surface area contributed by atoms with Gasteiger partial charge < -0.3 is 14.4 Å². The summed E-state index contributed by atoms with van der Waals surface area (Å²) >= 11 is 0. The molecule has 2 heterocycles. The lowest BCUT2D eigenvalue weighted by atomic mass is 9.82. The molecule has 2 aromatic rings. The Morgan fingerprint density at radius 1 is 1.04 bits per heavy atom. The molecule has 2 aliphatic heterocycles. The number of anilines is 1. The predicted octanol–water partition coefficient (Wildman–Crippen LogP) is 3.61. The summed E-state index contributed by atoms with van der Waals surface area (Å²) in [5.74, 6) is 2.17. The summed E-state index contributed by atoms with van der Waals surface area (Å²) < 4.78 is 11.1. The van der Waals surface area contributed by atoms with E-state index in [0.717, 1.165) is 31.0 Å². The van der Waals surface area contributed by atoms with Crippen LogP contribution in [-0.2, 0) is 6.42 Å². The van der Waals surface area contributed by atoms with Crippen LogP contribution in [0, 0.1) is 5.92 Å². The molecule has 5 heteroatoms. The van der Waals surface area contributed by atoms with E-state index in [9.17, 15) is 0 Å². The summed E-state index contributed by atoms with van der Waals surface area (Å²) in [6.07, 6.45) is 1.26. The van der Waals surface area contributed by atoms with E-state index in [1.807, 2.05) is 0 Å². The van der Waals surface area contributed by atoms with Crippen molar-refractivity contribution in [3.05, 3.63) is 53.1 Å². The van der Waals surface area contributed by atoms with Crippen molar-refractivity contribution in [3.63, 3.8) is 0 Å². The average molecular weight is 382 g/mol. The standard InChI is InChI=1S/C23H31N3O2/c1-15-14-24-23(16-6-8-18(9-7-16)25(2)3)26-11-10-17-12-20(27-4)21(28-5)13-19(17)22(15)26/h6-9,12-13,15,22-24H,10-11,14H2,1-5H3/t15-,22+,23+/m0/s1. The first kappa shape index (κ1) is 19.1. The minimum Gasteiger partial charge on any atom is -0.493 e. The van der Waals surface area contributed by atoms with E-state index in [1.165, 1.54) is 22.4 Å². The molecule has 28 heavy (non-hydrogen) atoms. The van der Waals surface area contributed by atoms with Gasteiger partial charge in [-0.3, -0.25) is 10.2 Å². The lowest BCUT2D eigenvalue weighted by Crippen LogP contribution is -2.53. The van der Waals surface area contributed by atoms with Crippen LogP contribution < -0.4 is 19.7 Å². The lowest BCUT2D eigenvalue weighted by molar-refractivity contribution is 0.0256. The van der Waals surface area contributed by atoms with Crippen LogP contribution in [0.3, 0.4) is 0 Å². The second-order valence-corrected chi connectivity index (χ2v) is 8.11. The highest BCUT2D eigenvalue weighted by atomic mass is 16.5. The van der Waals surface area contributed by atoms with Crippen molar-refractivity contribution in [3.8, 4) is 11.5 Å². The van der Waals surface area contributed by atoms with E-state index in [4.69, 9.17) is 9.47 Å². The second-order valence-electron chi connectivity index (χ2n) is 8.11. The van der Waals surface area contributed by atoms with E-state index < -0.39 is 0 Å². The zero-order valence-corrected chi connectivity index (χ0v) is 17.5. The van der Waals surface area contributed by atoms with E-state index in [2.05, 4.69) is 72.5 Å². The number of hydrogen-bond acceptors (Lipinski definition) is 5. The van der Waals surface area contributed by atoms with Crippen LogP contribution in [0.15, 0.2) is 36.4 Å². The molecular weight excluding hydrogens is 350 g/mol. The quantitative estimate of drug-likeness (QED) is 0.876. The maximum Gasteiger partial charge on any atom is 0.161 e. The zero-order chi connectivity index (χ0) is 19.8. The molecule has 1 saturated heterocycles. The molecule has 0 bridgehead atoms. The topological polar surface area (TPSA) is 37.0 Å². The van der Waals surface area contributed by atoms with E-state index in [-0.39, 0.29) is 6.17 Å². The molecule has 0 radical (unpaired) electrons. The molecule has 1 fully saturated rings. The van der Waals surface area contributed by atoms with E-state index >= 15 is 0 Å². The fraction of sp³-hybridized carbons (Fsp3) is 0.478. The number of rotatable bonds is 4. The minimum atomic E-state index is 0.235. The highest BCUT2D eigenvalue weighted by Gasteiger charge is 2.40. The molecule has 5 nitrogen and oxygen atoms in total. The van der Waals surface area contributed by atoms with Crippen LogP contribution in [0.5, 0.6) is 11.5 Å². The molecule has 0 saturated carbocycles. The molecule has 0 spiro atoms. The van der Waals surface area contributed by atoms with Crippen molar-refractivity contribution in [1.82, 2.24) is 10.2 Å². The van der Waals surface area contributed by atoms with Gasteiger partial charge in [-0.25, -0.2) is 0 Å². The predicted molar refractivity (Wildman–Crippen MR) is 113 cm³/mol. The van der Waals surface area contributed by atoms with Gasteiger partial charge in [0.25, 0.3) is 0 Å². The van der Waals surface area contributed by atoms with Gasteiger partial charge in [-0.15, -0.1) is 0 Å². The lowest BCUT2D eigenvalue weighted by Gasteiger charge is -2.49.